The highest BCUT2D eigenvalue weighted by atomic mass is 19.4. The number of halogens is 10. The second-order valence-electron chi connectivity index (χ2n) is 5.98. The van der Waals surface area contributed by atoms with Gasteiger partial charge in [0.1, 0.15) is 6.10 Å². The fraction of sp³-hybridized carbons (Fsp3) is 1.00. The van der Waals surface area contributed by atoms with Crippen LogP contribution in [0.25, 0.3) is 0 Å². The predicted molar refractivity (Wildman–Crippen MR) is 72.1 cm³/mol. The van der Waals surface area contributed by atoms with E-state index in [4.69, 9.17) is 14.2 Å². The van der Waals surface area contributed by atoms with Gasteiger partial charge in [-0.05, 0) is 6.92 Å². The van der Waals surface area contributed by atoms with Crippen molar-refractivity contribution in [3.8, 4) is 0 Å². The minimum Gasteiger partial charge on any atom is -0.378 e. The molecule has 0 aromatic carbocycles. The molecule has 14 heteroatoms. The van der Waals surface area contributed by atoms with Gasteiger partial charge in [-0.1, -0.05) is 0 Å². The molecule has 1 saturated heterocycles. The summed E-state index contributed by atoms with van der Waals surface area (Å²) in [4.78, 5) is 0. The predicted octanol–water partition coefficient (Wildman–Crippen LogP) is 4.33. The van der Waals surface area contributed by atoms with Crippen molar-refractivity contribution in [3.63, 3.8) is 0 Å². The summed E-state index contributed by atoms with van der Waals surface area (Å²) in [6.45, 7) is -1.86. The Hall–Kier alpha value is -0.860. The highest BCUT2D eigenvalue weighted by molar-refractivity contribution is 5.07. The second kappa shape index (κ2) is 8.48. The van der Waals surface area contributed by atoms with E-state index in [1.807, 2.05) is 0 Å². The average molecular weight is 440 g/mol. The first-order valence-corrected chi connectivity index (χ1v) is 7.86. The van der Waals surface area contributed by atoms with Crippen LogP contribution in [-0.4, -0.2) is 68.6 Å². The first-order chi connectivity index (χ1) is 12.5. The van der Waals surface area contributed by atoms with E-state index in [1.165, 1.54) is 0 Å². The van der Waals surface area contributed by atoms with E-state index < -0.39 is 68.8 Å². The Kier molecular flexibility index (Phi) is 7.62. The topological polar surface area (TPSA) is 36.9 Å². The Morgan fingerprint density at radius 1 is 0.893 bits per heavy atom. The van der Waals surface area contributed by atoms with Gasteiger partial charge in [0.15, 0.2) is 0 Å². The lowest BCUT2D eigenvalue weighted by Gasteiger charge is -2.38. The highest BCUT2D eigenvalue weighted by Gasteiger charge is 2.84. The molecule has 4 nitrogen and oxygen atoms in total. The van der Waals surface area contributed by atoms with Gasteiger partial charge in [-0.3, -0.25) is 0 Å². The summed E-state index contributed by atoms with van der Waals surface area (Å²) < 4.78 is 151. The molecule has 0 aliphatic carbocycles. The maximum Gasteiger partial charge on any atom is 0.384 e. The standard InChI is InChI=1S/C14H18F10O4/c1-3-26-9-27-7-8(28-9)6-25-5-4-11(17,18)13(21,22)14(23,24)12(19,20)10(2,15)16/h8-9H,3-7H2,1-2H3. The zero-order valence-corrected chi connectivity index (χ0v) is 14.6. The smallest absolute Gasteiger partial charge is 0.378 e. The maximum atomic E-state index is 13.5. The first-order valence-electron chi connectivity index (χ1n) is 7.86. The molecule has 0 saturated carbocycles. The van der Waals surface area contributed by atoms with Crippen LogP contribution in [0.1, 0.15) is 20.3 Å². The van der Waals surface area contributed by atoms with Gasteiger partial charge < -0.3 is 18.9 Å². The van der Waals surface area contributed by atoms with Gasteiger partial charge in [0.2, 0.25) is 0 Å². The minimum absolute atomic E-state index is 0.104. The Morgan fingerprint density at radius 2 is 1.46 bits per heavy atom. The Morgan fingerprint density at radius 3 is 1.96 bits per heavy atom. The molecule has 1 rings (SSSR count). The van der Waals surface area contributed by atoms with Crippen molar-refractivity contribution >= 4 is 0 Å². The number of alkyl halides is 10. The van der Waals surface area contributed by atoms with E-state index in [-0.39, 0.29) is 13.2 Å². The molecule has 2 atom stereocenters. The largest absolute Gasteiger partial charge is 0.384 e. The van der Waals surface area contributed by atoms with Crippen LogP contribution in [0.3, 0.4) is 0 Å². The maximum absolute atomic E-state index is 13.5. The zero-order valence-electron chi connectivity index (χ0n) is 14.6. The van der Waals surface area contributed by atoms with Crippen LogP contribution in [0.5, 0.6) is 0 Å². The van der Waals surface area contributed by atoms with Crippen molar-refractivity contribution in [2.24, 2.45) is 0 Å². The monoisotopic (exact) mass is 440 g/mol. The van der Waals surface area contributed by atoms with E-state index in [9.17, 15) is 43.9 Å². The lowest BCUT2D eigenvalue weighted by atomic mass is 9.94. The molecule has 1 fully saturated rings. The lowest BCUT2D eigenvalue weighted by Crippen LogP contribution is -2.66. The van der Waals surface area contributed by atoms with Crippen molar-refractivity contribution in [2.75, 3.05) is 26.4 Å². The van der Waals surface area contributed by atoms with Crippen LogP contribution >= 0.6 is 0 Å². The van der Waals surface area contributed by atoms with Gasteiger partial charge >= 0.3 is 29.6 Å². The molecule has 0 aromatic heterocycles. The third kappa shape index (κ3) is 4.82. The van der Waals surface area contributed by atoms with Crippen LogP contribution in [0.4, 0.5) is 43.9 Å². The molecule has 1 aliphatic rings. The zero-order chi connectivity index (χ0) is 22.0. The summed E-state index contributed by atoms with van der Waals surface area (Å²) in [5.41, 5.74) is 0. The highest BCUT2D eigenvalue weighted by Crippen LogP contribution is 2.57. The molecule has 0 spiro atoms. The van der Waals surface area contributed by atoms with Gasteiger partial charge in [-0.25, -0.2) is 0 Å². The summed E-state index contributed by atoms with van der Waals surface area (Å²) in [5, 5.41) is 0. The fourth-order valence-corrected chi connectivity index (χ4v) is 2.01. The van der Waals surface area contributed by atoms with Crippen LogP contribution in [0.2, 0.25) is 0 Å². The summed E-state index contributed by atoms with van der Waals surface area (Å²) in [5.74, 6) is -32.0. The van der Waals surface area contributed by atoms with Gasteiger partial charge in [0.25, 0.3) is 6.48 Å². The Bertz CT molecular complexity index is 509. The molecule has 0 bridgehead atoms. The summed E-state index contributed by atoms with van der Waals surface area (Å²) >= 11 is 0. The van der Waals surface area contributed by atoms with Crippen molar-refractivity contribution in [1.82, 2.24) is 0 Å². The van der Waals surface area contributed by atoms with E-state index >= 15 is 0 Å². The van der Waals surface area contributed by atoms with Gasteiger partial charge in [-0.15, -0.1) is 0 Å². The fourth-order valence-electron chi connectivity index (χ4n) is 2.01. The van der Waals surface area contributed by atoms with Crippen molar-refractivity contribution in [2.45, 2.75) is 62.5 Å². The molecule has 1 heterocycles. The van der Waals surface area contributed by atoms with Gasteiger partial charge in [0, 0.05) is 20.0 Å². The van der Waals surface area contributed by atoms with E-state index in [1.54, 1.807) is 6.92 Å². The van der Waals surface area contributed by atoms with E-state index in [0.717, 1.165) is 0 Å². The number of rotatable bonds is 11. The molecule has 0 N–H and O–H groups in total. The third-order valence-corrected chi connectivity index (χ3v) is 3.69. The van der Waals surface area contributed by atoms with Crippen LogP contribution in [-0.2, 0) is 18.9 Å². The molecule has 2 unspecified atom stereocenters. The van der Waals surface area contributed by atoms with Crippen molar-refractivity contribution in [1.29, 1.82) is 0 Å². The van der Waals surface area contributed by atoms with Crippen LogP contribution < -0.4 is 0 Å². The molecular weight excluding hydrogens is 422 g/mol. The summed E-state index contributed by atoms with van der Waals surface area (Å²) in [6, 6.07) is 0. The Labute approximate surface area is 153 Å². The molecule has 28 heavy (non-hydrogen) atoms. The SMILES string of the molecule is CCOC1OCC(COCCC(F)(F)C(F)(F)C(F)(F)C(F)(F)C(C)(F)F)O1. The summed E-state index contributed by atoms with van der Waals surface area (Å²) in [6.07, 6.45) is -2.97. The normalized spacial score (nSPS) is 22.7. The lowest BCUT2D eigenvalue weighted by molar-refractivity contribution is -0.400. The van der Waals surface area contributed by atoms with Crippen LogP contribution in [0.15, 0.2) is 0 Å². The van der Waals surface area contributed by atoms with Crippen molar-refractivity contribution < 1.29 is 62.9 Å². The summed E-state index contributed by atoms with van der Waals surface area (Å²) in [7, 11) is 0. The van der Waals surface area contributed by atoms with E-state index in [0.29, 0.717) is 0 Å². The first kappa shape index (κ1) is 25.2. The Balaban J connectivity index is 2.67. The number of ether oxygens (including phenoxy) is 4. The quantitative estimate of drug-likeness (QED) is 0.354. The van der Waals surface area contributed by atoms with E-state index in [2.05, 4.69) is 4.74 Å². The minimum atomic E-state index is -7.03. The van der Waals surface area contributed by atoms with Crippen molar-refractivity contribution in [3.05, 3.63) is 0 Å². The molecular formula is C14H18F10O4. The molecule has 0 aromatic rings. The number of hydrogen-bond acceptors (Lipinski definition) is 4. The molecule has 1 aliphatic heterocycles. The molecule has 0 amide bonds. The van der Waals surface area contributed by atoms with Gasteiger partial charge in [-0.2, -0.15) is 43.9 Å². The van der Waals surface area contributed by atoms with Gasteiger partial charge in [0.05, 0.1) is 19.8 Å². The van der Waals surface area contributed by atoms with Crippen LogP contribution in [0, 0.1) is 0 Å². The molecule has 0 radical (unpaired) electrons. The third-order valence-electron chi connectivity index (χ3n) is 3.69. The average Bonchev–Trinajstić information content (AvgIpc) is 2.98. The molecule has 168 valence electrons. The second-order valence-corrected chi connectivity index (χ2v) is 5.98. The number of hydrogen-bond donors (Lipinski definition) is 0.